The highest BCUT2D eigenvalue weighted by Crippen LogP contribution is 2.14. The van der Waals surface area contributed by atoms with Crippen LogP contribution in [0.2, 0.25) is 5.02 Å². The predicted molar refractivity (Wildman–Crippen MR) is 46.2 cm³/mol. The third-order valence-corrected chi connectivity index (χ3v) is 1.74. The minimum Gasteiger partial charge on any atom is -0.298 e. The standard InChI is InChI=1S/C9H6ClNO/c10-9-2-1-8(6-12)7(5-9)3-4-11/h1-2,5-6H,3H2. The van der Waals surface area contributed by atoms with Crippen LogP contribution in [0.15, 0.2) is 18.2 Å². The van der Waals surface area contributed by atoms with Crippen molar-refractivity contribution in [2.24, 2.45) is 0 Å². The smallest absolute Gasteiger partial charge is 0.150 e. The van der Waals surface area contributed by atoms with Crippen LogP contribution in [0.25, 0.3) is 0 Å². The lowest BCUT2D eigenvalue weighted by molar-refractivity contribution is 0.112. The zero-order valence-corrected chi connectivity index (χ0v) is 7.01. The number of carbonyl (C=O) groups excluding carboxylic acids is 1. The van der Waals surface area contributed by atoms with Crippen LogP contribution in [0.1, 0.15) is 15.9 Å². The molecule has 12 heavy (non-hydrogen) atoms. The fourth-order valence-corrected chi connectivity index (χ4v) is 1.12. The molecule has 0 atom stereocenters. The van der Waals surface area contributed by atoms with E-state index in [1.54, 1.807) is 18.2 Å². The molecule has 0 unspecified atom stereocenters. The van der Waals surface area contributed by atoms with Crippen molar-refractivity contribution in [3.8, 4) is 6.07 Å². The Morgan fingerprint density at radius 1 is 1.58 bits per heavy atom. The number of nitrogens with zero attached hydrogens (tertiary/aromatic N) is 1. The van der Waals surface area contributed by atoms with Gasteiger partial charge in [-0.1, -0.05) is 11.6 Å². The fraction of sp³-hybridized carbons (Fsp3) is 0.111. The SMILES string of the molecule is N#CCc1cc(Cl)ccc1C=O. The average molecular weight is 180 g/mol. The van der Waals surface area contributed by atoms with E-state index < -0.39 is 0 Å². The third-order valence-electron chi connectivity index (χ3n) is 1.50. The minimum absolute atomic E-state index is 0.217. The van der Waals surface area contributed by atoms with Crippen LogP contribution in [-0.4, -0.2) is 6.29 Å². The summed E-state index contributed by atoms with van der Waals surface area (Å²) < 4.78 is 0. The normalized spacial score (nSPS) is 9.00. The Labute approximate surface area is 75.4 Å². The first-order valence-corrected chi connectivity index (χ1v) is 3.76. The van der Waals surface area contributed by atoms with Crippen molar-refractivity contribution in [1.29, 1.82) is 5.26 Å². The Morgan fingerprint density at radius 3 is 2.92 bits per heavy atom. The van der Waals surface area contributed by atoms with Crippen LogP contribution >= 0.6 is 11.6 Å². The van der Waals surface area contributed by atoms with E-state index in [4.69, 9.17) is 16.9 Å². The molecule has 0 aliphatic rings. The van der Waals surface area contributed by atoms with Gasteiger partial charge in [-0.3, -0.25) is 4.79 Å². The van der Waals surface area contributed by atoms with E-state index >= 15 is 0 Å². The Balaban J connectivity index is 3.14. The van der Waals surface area contributed by atoms with Crippen molar-refractivity contribution < 1.29 is 4.79 Å². The summed E-state index contributed by atoms with van der Waals surface area (Å²) in [6, 6.07) is 6.85. The summed E-state index contributed by atoms with van der Waals surface area (Å²) in [5.41, 5.74) is 1.21. The predicted octanol–water partition coefficient (Wildman–Crippen LogP) is 2.22. The number of hydrogen-bond donors (Lipinski definition) is 0. The molecule has 0 heterocycles. The lowest BCUT2D eigenvalue weighted by Gasteiger charge is -1.99. The summed E-state index contributed by atoms with van der Waals surface area (Å²) in [6.45, 7) is 0. The zero-order chi connectivity index (χ0) is 8.97. The van der Waals surface area contributed by atoms with E-state index in [0.717, 1.165) is 6.29 Å². The molecule has 0 aliphatic heterocycles. The van der Waals surface area contributed by atoms with Crippen LogP contribution in [0, 0.1) is 11.3 Å². The fourth-order valence-electron chi connectivity index (χ4n) is 0.928. The molecule has 2 nitrogen and oxygen atoms in total. The van der Waals surface area contributed by atoms with Crippen LogP contribution in [0.4, 0.5) is 0 Å². The maximum Gasteiger partial charge on any atom is 0.150 e. The van der Waals surface area contributed by atoms with Gasteiger partial charge in [-0.15, -0.1) is 0 Å². The zero-order valence-electron chi connectivity index (χ0n) is 6.25. The van der Waals surface area contributed by atoms with Crippen molar-refractivity contribution in [2.45, 2.75) is 6.42 Å². The highest BCUT2D eigenvalue weighted by atomic mass is 35.5. The second kappa shape index (κ2) is 3.89. The summed E-state index contributed by atoms with van der Waals surface area (Å²) in [4.78, 5) is 10.5. The highest BCUT2D eigenvalue weighted by Gasteiger charge is 2.00. The van der Waals surface area contributed by atoms with E-state index in [-0.39, 0.29) is 6.42 Å². The van der Waals surface area contributed by atoms with Gasteiger partial charge in [0.05, 0.1) is 12.5 Å². The quantitative estimate of drug-likeness (QED) is 0.654. The van der Waals surface area contributed by atoms with Crippen molar-refractivity contribution >= 4 is 17.9 Å². The first kappa shape index (κ1) is 8.76. The van der Waals surface area contributed by atoms with Gasteiger partial charge in [0.25, 0.3) is 0 Å². The third kappa shape index (κ3) is 1.84. The largest absolute Gasteiger partial charge is 0.298 e. The maximum atomic E-state index is 10.5. The van der Waals surface area contributed by atoms with E-state index in [9.17, 15) is 4.79 Å². The van der Waals surface area contributed by atoms with E-state index in [2.05, 4.69) is 0 Å². The van der Waals surface area contributed by atoms with Crippen LogP contribution in [0.5, 0.6) is 0 Å². The Bertz CT molecular complexity index is 341. The van der Waals surface area contributed by atoms with Gasteiger partial charge in [0, 0.05) is 10.6 Å². The first-order valence-electron chi connectivity index (χ1n) is 3.38. The van der Waals surface area contributed by atoms with Crippen LogP contribution in [0.3, 0.4) is 0 Å². The van der Waals surface area contributed by atoms with Gasteiger partial charge in [0.1, 0.15) is 6.29 Å². The molecule has 1 aromatic carbocycles. The lowest BCUT2D eigenvalue weighted by atomic mass is 10.1. The molecule has 0 aliphatic carbocycles. The van der Waals surface area contributed by atoms with Crippen LogP contribution in [-0.2, 0) is 6.42 Å². The minimum atomic E-state index is 0.217. The van der Waals surface area contributed by atoms with Crippen molar-refractivity contribution in [1.82, 2.24) is 0 Å². The second-order valence-corrected chi connectivity index (χ2v) is 2.73. The van der Waals surface area contributed by atoms with E-state index in [1.807, 2.05) is 6.07 Å². The molecule has 0 aromatic heterocycles. The first-order chi connectivity index (χ1) is 5.77. The Hall–Kier alpha value is -1.33. The highest BCUT2D eigenvalue weighted by molar-refractivity contribution is 6.30. The van der Waals surface area contributed by atoms with Gasteiger partial charge < -0.3 is 0 Å². The van der Waals surface area contributed by atoms with Crippen LogP contribution < -0.4 is 0 Å². The molecule has 3 heteroatoms. The van der Waals surface area contributed by atoms with Crippen molar-refractivity contribution in [3.05, 3.63) is 34.3 Å². The van der Waals surface area contributed by atoms with Gasteiger partial charge in [-0.2, -0.15) is 5.26 Å². The number of halogens is 1. The number of rotatable bonds is 2. The number of hydrogen-bond acceptors (Lipinski definition) is 2. The molecule has 1 aromatic rings. The maximum absolute atomic E-state index is 10.5. The summed E-state index contributed by atoms with van der Waals surface area (Å²) in [5, 5.41) is 8.97. The van der Waals surface area contributed by atoms with Gasteiger partial charge in [0.15, 0.2) is 0 Å². The molecular formula is C9H6ClNO. The Kier molecular flexibility index (Phi) is 2.84. The lowest BCUT2D eigenvalue weighted by Crippen LogP contribution is -1.90. The molecule has 0 bridgehead atoms. The second-order valence-electron chi connectivity index (χ2n) is 2.30. The van der Waals surface area contributed by atoms with E-state index in [1.165, 1.54) is 0 Å². The molecule has 0 amide bonds. The van der Waals surface area contributed by atoms with Gasteiger partial charge in [-0.25, -0.2) is 0 Å². The monoisotopic (exact) mass is 179 g/mol. The molecular weight excluding hydrogens is 174 g/mol. The van der Waals surface area contributed by atoms with Gasteiger partial charge in [-0.05, 0) is 23.8 Å². The molecule has 0 radical (unpaired) electrons. The molecule has 0 saturated heterocycles. The molecule has 1 rings (SSSR count). The summed E-state index contributed by atoms with van der Waals surface area (Å²) in [5.74, 6) is 0. The number of benzene rings is 1. The Morgan fingerprint density at radius 2 is 2.33 bits per heavy atom. The number of carbonyl (C=O) groups is 1. The summed E-state index contributed by atoms with van der Waals surface area (Å²) in [6.07, 6.45) is 0.942. The van der Waals surface area contributed by atoms with Gasteiger partial charge >= 0.3 is 0 Å². The molecule has 60 valence electrons. The van der Waals surface area contributed by atoms with Crippen molar-refractivity contribution in [2.75, 3.05) is 0 Å². The molecule has 0 N–H and O–H groups in total. The summed E-state index contributed by atoms with van der Waals surface area (Å²) in [7, 11) is 0. The van der Waals surface area contributed by atoms with Gasteiger partial charge in [0.2, 0.25) is 0 Å². The molecule has 0 spiro atoms. The summed E-state index contributed by atoms with van der Waals surface area (Å²) >= 11 is 5.68. The van der Waals surface area contributed by atoms with Crippen molar-refractivity contribution in [3.63, 3.8) is 0 Å². The van der Waals surface area contributed by atoms with E-state index in [0.29, 0.717) is 16.1 Å². The number of nitriles is 1. The topological polar surface area (TPSA) is 40.9 Å². The molecule has 0 saturated carbocycles. The molecule has 0 fully saturated rings. The number of aldehydes is 1. The average Bonchev–Trinajstić information content (AvgIpc) is 2.05.